The molecule has 4 aliphatic rings. The molecule has 3 saturated heterocycles. The molecule has 4 atom stereocenters. The number of hydrogen-bond acceptors (Lipinski definition) is 9. The van der Waals surface area contributed by atoms with Gasteiger partial charge in [-0.3, -0.25) is 48.2 Å². The molecular weight excluding hydrogens is 602 g/mol. The van der Waals surface area contributed by atoms with Gasteiger partial charge in [-0.25, -0.2) is 0 Å². The topological polar surface area (TPSA) is 225 Å². The highest BCUT2D eigenvalue weighted by Crippen LogP contribution is 2.24. The van der Waals surface area contributed by atoms with Crippen LogP contribution in [0.25, 0.3) is 0 Å². The van der Waals surface area contributed by atoms with Crippen molar-refractivity contribution in [2.75, 3.05) is 27.2 Å². The van der Waals surface area contributed by atoms with Crippen LogP contribution in [0.4, 0.5) is 0 Å². The number of nitrogens with one attached hydrogen (secondary N) is 1. The van der Waals surface area contributed by atoms with Crippen molar-refractivity contribution in [2.24, 2.45) is 17.6 Å². The van der Waals surface area contributed by atoms with Gasteiger partial charge < -0.3 is 26.2 Å². The first kappa shape index (κ1) is 44.2. The lowest BCUT2D eigenvalue weighted by atomic mass is 10.1. The third-order valence-corrected chi connectivity index (χ3v) is 7.66. The Hall–Kier alpha value is -3.88. The van der Waals surface area contributed by atoms with Crippen molar-refractivity contribution in [3.63, 3.8) is 0 Å². The predicted octanol–water partition coefficient (Wildman–Crippen LogP) is 1.62. The van der Waals surface area contributed by atoms with Crippen LogP contribution in [-0.4, -0.2) is 112 Å². The van der Waals surface area contributed by atoms with E-state index in [0.717, 1.165) is 17.7 Å². The Kier molecular flexibility index (Phi) is 21.0. The lowest BCUT2D eigenvalue weighted by molar-refractivity contribution is -0.149. The predicted molar refractivity (Wildman–Crippen MR) is 170 cm³/mol. The fourth-order valence-corrected chi connectivity index (χ4v) is 4.96. The number of nitrogens with two attached hydrogens (primary N) is 1. The van der Waals surface area contributed by atoms with Gasteiger partial charge in [-0.05, 0) is 12.8 Å². The number of amides is 6. The average molecular weight is 658 g/mol. The summed E-state index contributed by atoms with van der Waals surface area (Å²) in [7, 11) is 2.96. The van der Waals surface area contributed by atoms with Gasteiger partial charge in [0.2, 0.25) is 35.4 Å². The van der Waals surface area contributed by atoms with E-state index in [1.165, 1.54) is 51.1 Å². The fraction of sp³-hybridized carbons (Fsp3) is 0.742. The summed E-state index contributed by atoms with van der Waals surface area (Å²) in [6, 6.07) is -2.32. The Bertz CT molecular complexity index is 1060. The van der Waals surface area contributed by atoms with E-state index in [0.29, 0.717) is 19.5 Å². The fourth-order valence-electron chi connectivity index (χ4n) is 4.96. The van der Waals surface area contributed by atoms with Crippen LogP contribution in [0, 0.1) is 11.8 Å². The first-order valence-electron chi connectivity index (χ1n) is 15.0. The number of carbonyl (C=O) groups is 8. The van der Waals surface area contributed by atoms with Crippen molar-refractivity contribution in [3.8, 4) is 0 Å². The SMILES string of the molecule is C.C.C1CCCC1.CC1CC(=O)N(C)C1=O.CNC(=O)C(CC(=O)N1CCCC1)N1C(=O)CC(C)C1=O.NC(CC(=O)O)C(=O)O. The molecule has 1 saturated carbocycles. The molecule has 0 aromatic carbocycles. The van der Waals surface area contributed by atoms with Gasteiger partial charge >= 0.3 is 11.9 Å². The van der Waals surface area contributed by atoms with E-state index in [9.17, 15) is 38.4 Å². The summed E-state index contributed by atoms with van der Waals surface area (Å²) in [5, 5.41) is 18.5. The van der Waals surface area contributed by atoms with Crippen LogP contribution in [-0.2, 0) is 38.4 Å². The summed E-state index contributed by atoms with van der Waals surface area (Å²) in [5.41, 5.74) is 4.84. The van der Waals surface area contributed by atoms with Gasteiger partial charge in [0.25, 0.3) is 0 Å². The number of aliphatic carboxylic acids is 2. The third-order valence-electron chi connectivity index (χ3n) is 7.66. The van der Waals surface area contributed by atoms with Gasteiger partial charge in [0.05, 0.1) is 12.8 Å². The van der Waals surface area contributed by atoms with Crippen molar-refractivity contribution >= 4 is 47.4 Å². The number of carbonyl (C=O) groups excluding carboxylic acids is 6. The number of hydrogen-bond donors (Lipinski definition) is 4. The highest BCUT2D eigenvalue weighted by atomic mass is 16.4. The molecule has 0 spiro atoms. The summed E-state index contributed by atoms with van der Waals surface area (Å²) < 4.78 is 0. The Morgan fingerprint density at radius 1 is 0.804 bits per heavy atom. The Morgan fingerprint density at radius 2 is 1.26 bits per heavy atom. The molecule has 0 radical (unpaired) electrons. The van der Waals surface area contributed by atoms with Crippen LogP contribution < -0.4 is 11.1 Å². The first-order valence-corrected chi connectivity index (χ1v) is 15.0. The second kappa shape index (κ2) is 21.8. The molecule has 5 N–H and O–H groups in total. The molecule has 1 aliphatic carbocycles. The zero-order chi connectivity index (χ0) is 33.6. The summed E-state index contributed by atoms with van der Waals surface area (Å²) in [6.45, 7) is 4.78. The monoisotopic (exact) mass is 657 g/mol. The lowest BCUT2D eigenvalue weighted by Gasteiger charge is -2.26. The third kappa shape index (κ3) is 14.0. The van der Waals surface area contributed by atoms with Crippen LogP contribution in [0.1, 0.15) is 99.3 Å². The maximum atomic E-state index is 12.2. The van der Waals surface area contributed by atoms with E-state index in [2.05, 4.69) is 5.32 Å². The summed E-state index contributed by atoms with van der Waals surface area (Å²) >= 11 is 0. The van der Waals surface area contributed by atoms with Crippen molar-refractivity contribution in [3.05, 3.63) is 0 Å². The Labute approximate surface area is 272 Å². The van der Waals surface area contributed by atoms with E-state index in [1.807, 2.05) is 0 Å². The van der Waals surface area contributed by atoms with Crippen LogP contribution in [0.3, 0.4) is 0 Å². The second-order valence-electron chi connectivity index (χ2n) is 11.3. The van der Waals surface area contributed by atoms with E-state index in [4.69, 9.17) is 15.9 Å². The lowest BCUT2D eigenvalue weighted by Crippen LogP contribution is -2.51. The molecule has 3 aliphatic heterocycles. The molecule has 0 aromatic heterocycles. The highest BCUT2D eigenvalue weighted by molar-refractivity contribution is 6.07. The largest absolute Gasteiger partial charge is 0.481 e. The molecule has 0 bridgehead atoms. The minimum absolute atomic E-state index is 0. The average Bonchev–Trinajstić information content (AvgIpc) is 3.78. The zero-order valence-corrected chi connectivity index (χ0v) is 26.1. The molecule has 264 valence electrons. The van der Waals surface area contributed by atoms with Crippen LogP contribution in [0.5, 0.6) is 0 Å². The summed E-state index contributed by atoms with van der Waals surface area (Å²) in [5.74, 6) is -4.54. The minimum Gasteiger partial charge on any atom is -0.481 e. The molecule has 4 fully saturated rings. The summed E-state index contributed by atoms with van der Waals surface area (Å²) in [4.78, 5) is 93.3. The maximum Gasteiger partial charge on any atom is 0.321 e. The Morgan fingerprint density at radius 3 is 1.54 bits per heavy atom. The van der Waals surface area contributed by atoms with Gasteiger partial charge in [0.15, 0.2) is 0 Å². The number of rotatable bonds is 7. The highest BCUT2D eigenvalue weighted by Gasteiger charge is 2.44. The van der Waals surface area contributed by atoms with Gasteiger partial charge in [0, 0.05) is 51.9 Å². The van der Waals surface area contributed by atoms with E-state index in [-0.39, 0.29) is 63.1 Å². The van der Waals surface area contributed by atoms with Crippen LogP contribution in [0.15, 0.2) is 0 Å². The number of nitrogens with zero attached hydrogens (tertiary/aromatic N) is 3. The second-order valence-corrected chi connectivity index (χ2v) is 11.3. The molecule has 3 heterocycles. The van der Waals surface area contributed by atoms with Crippen LogP contribution >= 0.6 is 0 Å². The van der Waals surface area contributed by atoms with Gasteiger partial charge in [-0.15, -0.1) is 0 Å². The molecular formula is C31H55N5O10. The first-order chi connectivity index (χ1) is 20.6. The zero-order valence-electron chi connectivity index (χ0n) is 26.1. The molecule has 4 rings (SSSR count). The summed E-state index contributed by atoms with van der Waals surface area (Å²) in [6.07, 6.45) is 9.22. The van der Waals surface area contributed by atoms with Gasteiger partial charge in [0.1, 0.15) is 12.1 Å². The van der Waals surface area contributed by atoms with Gasteiger partial charge in [-0.1, -0.05) is 60.8 Å². The van der Waals surface area contributed by atoms with E-state index < -0.39 is 42.3 Å². The Balaban J connectivity index is 0. The molecule has 15 nitrogen and oxygen atoms in total. The smallest absolute Gasteiger partial charge is 0.321 e. The number of carboxylic acid groups (broad SMARTS) is 2. The van der Waals surface area contributed by atoms with Gasteiger partial charge in [-0.2, -0.15) is 0 Å². The molecule has 15 heteroatoms. The van der Waals surface area contributed by atoms with Crippen molar-refractivity contribution in [1.29, 1.82) is 0 Å². The standard InChI is InChI=1S/C14H21N3O4.C6H9NO2.C5H10.C4H7NO4.2CH4/c1-9-7-12(19)17(14(9)21)10(13(20)15-2)8-11(18)16-5-3-4-6-16;1-4-3-5(8)7(2)6(4)9;1-2-4-5-3-1;5-2(4(8)9)1-3(6)7;;/h9-10H,3-8H2,1-2H3,(H,15,20);4H,3H2,1-2H3;1-5H2;2H,1,5H2,(H,6,7)(H,8,9);2*1H4. The number of imide groups is 2. The normalized spacial score (nSPS) is 21.3. The minimum atomic E-state index is -1.29. The maximum absolute atomic E-state index is 12.2. The molecule has 46 heavy (non-hydrogen) atoms. The van der Waals surface area contributed by atoms with E-state index >= 15 is 0 Å². The molecule has 4 unspecified atom stereocenters. The number of carboxylic acids is 2. The van der Waals surface area contributed by atoms with Crippen molar-refractivity contribution in [2.45, 2.75) is 111 Å². The van der Waals surface area contributed by atoms with Crippen molar-refractivity contribution in [1.82, 2.24) is 20.0 Å². The molecule has 6 amide bonds. The number of likely N-dealkylation sites (N-methyl/N-ethyl adjacent to an activating group) is 1. The number of likely N-dealkylation sites (tertiary alicyclic amines) is 3. The van der Waals surface area contributed by atoms with Crippen molar-refractivity contribution < 1.29 is 48.6 Å². The van der Waals surface area contributed by atoms with Crippen LogP contribution in [0.2, 0.25) is 0 Å². The quantitative estimate of drug-likeness (QED) is 0.288. The molecule has 0 aromatic rings. The van der Waals surface area contributed by atoms with E-state index in [1.54, 1.807) is 18.7 Å².